The first-order chi connectivity index (χ1) is 15.0. The number of carbonyl (C=O) groups excluding carboxylic acids is 1. The minimum atomic E-state index is 0.230. The van der Waals surface area contributed by atoms with E-state index >= 15 is 0 Å². The Hall–Kier alpha value is -1.67. The monoisotopic (exact) mass is 417 g/mol. The summed E-state index contributed by atoms with van der Waals surface area (Å²) in [5, 5.41) is 3.65. The van der Waals surface area contributed by atoms with Crippen molar-refractivity contribution in [1.82, 2.24) is 5.32 Å². The zero-order chi connectivity index (χ0) is 21.5. The van der Waals surface area contributed by atoms with Crippen molar-refractivity contribution >= 4 is 5.78 Å². The highest BCUT2D eigenvalue weighted by atomic mass is 16.1. The van der Waals surface area contributed by atoms with E-state index < -0.39 is 0 Å². The Morgan fingerprint density at radius 3 is 2.71 bits per heavy atom. The number of hydrogen-bond donors (Lipinski definition) is 1. The Kier molecular flexibility index (Phi) is 5.71. The minimum absolute atomic E-state index is 0.230. The molecule has 1 aromatic carbocycles. The van der Waals surface area contributed by atoms with Crippen LogP contribution in [0, 0.1) is 34.5 Å². The molecule has 1 aromatic rings. The second-order valence-electron chi connectivity index (χ2n) is 11.3. The van der Waals surface area contributed by atoms with Gasteiger partial charge >= 0.3 is 0 Å². The molecule has 0 aromatic heterocycles. The first kappa shape index (κ1) is 21.2. The molecule has 31 heavy (non-hydrogen) atoms. The third-order valence-corrected chi connectivity index (χ3v) is 9.79. The van der Waals surface area contributed by atoms with Crippen LogP contribution in [0.15, 0.2) is 54.1 Å². The normalized spacial score (nSPS) is 38.9. The molecule has 2 saturated carbocycles. The summed E-state index contributed by atoms with van der Waals surface area (Å²) in [7, 11) is 0. The fourth-order valence-electron chi connectivity index (χ4n) is 7.88. The number of benzene rings is 1. The van der Waals surface area contributed by atoms with Crippen LogP contribution in [0.25, 0.3) is 0 Å². The number of ketones is 1. The number of hydrogen-bond acceptors (Lipinski definition) is 2. The van der Waals surface area contributed by atoms with E-state index in [1.54, 1.807) is 0 Å². The van der Waals surface area contributed by atoms with Crippen molar-refractivity contribution in [3.8, 4) is 0 Å². The third kappa shape index (κ3) is 3.75. The molecule has 6 atom stereocenters. The van der Waals surface area contributed by atoms with Gasteiger partial charge in [0.25, 0.3) is 0 Å². The summed E-state index contributed by atoms with van der Waals surface area (Å²) in [6, 6.07) is 10.7. The second kappa shape index (κ2) is 8.35. The molecule has 166 valence electrons. The highest BCUT2D eigenvalue weighted by molar-refractivity contribution is 5.92. The fourth-order valence-corrected chi connectivity index (χ4v) is 7.88. The lowest BCUT2D eigenvalue weighted by molar-refractivity contribution is -0.116. The summed E-state index contributed by atoms with van der Waals surface area (Å²) in [4.78, 5) is 12.0. The molecule has 2 fully saturated rings. The smallest absolute Gasteiger partial charge is 0.156 e. The average Bonchev–Trinajstić information content (AvgIpc) is 3.11. The number of allylic oxidation sites excluding steroid dienone is 4. The van der Waals surface area contributed by atoms with Crippen LogP contribution < -0.4 is 5.32 Å². The quantitative estimate of drug-likeness (QED) is 0.537. The zero-order valence-electron chi connectivity index (χ0n) is 19.4. The van der Waals surface area contributed by atoms with E-state index in [1.807, 2.05) is 6.08 Å². The van der Waals surface area contributed by atoms with E-state index in [9.17, 15) is 4.79 Å². The molecule has 0 aliphatic heterocycles. The van der Waals surface area contributed by atoms with E-state index in [4.69, 9.17) is 0 Å². The fraction of sp³-hybridized carbons (Fsp3) is 0.621. The van der Waals surface area contributed by atoms with Crippen molar-refractivity contribution in [2.45, 2.75) is 71.8 Å². The Morgan fingerprint density at radius 2 is 1.87 bits per heavy atom. The van der Waals surface area contributed by atoms with Crippen LogP contribution in [0.1, 0.15) is 70.8 Å². The Balaban J connectivity index is 1.20. The highest BCUT2D eigenvalue weighted by Crippen LogP contribution is 2.65. The lowest BCUT2D eigenvalue weighted by Crippen LogP contribution is -2.48. The summed E-state index contributed by atoms with van der Waals surface area (Å²) in [6.07, 6.45) is 16.8. The van der Waals surface area contributed by atoms with Gasteiger partial charge in [0.1, 0.15) is 0 Å². The molecule has 0 unspecified atom stereocenters. The lowest BCUT2D eigenvalue weighted by Gasteiger charge is -2.56. The van der Waals surface area contributed by atoms with E-state index in [1.165, 1.54) is 49.7 Å². The SMILES string of the molecule is C[C@]12CC[C@H]3[C@@H](C=CC4=CC(=O)CC[C@@]43C)[C@@H]1CC[C@@H]2CCCNCc1ccccc1. The van der Waals surface area contributed by atoms with Crippen LogP contribution in [-0.4, -0.2) is 12.3 Å². The summed E-state index contributed by atoms with van der Waals surface area (Å²) in [5.41, 5.74) is 3.44. The summed E-state index contributed by atoms with van der Waals surface area (Å²) in [6.45, 7) is 7.18. The number of rotatable bonds is 6. The van der Waals surface area contributed by atoms with E-state index in [2.05, 4.69) is 61.6 Å². The summed E-state index contributed by atoms with van der Waals surface area (Å²) >= 11 is 0. The molecule has 0 saturated heterocycles. The topological polar surface area (TPSA) is 29.1 Å². The number of fused-ring (bicyclic) bond motifs is 5. The van der Waals surface area contributed by atoms with Gasteiger partial charge < -0.3 is 5.32 Å². The number of nitrogens with one attached hydrogen (secondary N) is 1. The van der Waals surface area contributed by atoms with Crippen molar-refractivity contribution in [2.24, 2.45) is 34.5 Å². The maximum atomic E-state index is 12.0. The van der Waals surface area contributed by atoms with Gasteiger partial charge in [0.2, 0.25) is 0 Å². The van der Waals surface area contributed by atoms with Crippen LogP contribution in [0.5, 0.6) is 0 Å². The van der Waals surface area contributed by atoms with Crippen LogP contribution in [0.3, 0.4) is 0 Å². The predicted molar refractivity (Wildman–Crippen MR) is 127 cm³/mol. The van der Waals surface area contributed by atoms with Crippen LogP contribution in [-0.2, 0) is 11.3 Å². The van der Waals surface area contributed by atoms with Crippen molar-refractivity contribution in [2.75, 3.05) is 6.54 Å². The Morgan fingerprint density at radius 1 is 1.03 bits per heavy atom. The molecule has 4 aliphatic rings. The van der Waals surface area contributed by atoms with Gasteiger partial charge in [0.15, 0.2) is 5.78 Å². The van der Waals surface area contributed by atoms with Gasteiger partial charge in [-0.1, -0.05) is 56.3 Å². The Bertz CT molecular complexity index is 870. The van der Waals surface area contributed by atoms with Gasteiger partial charge in [0.05, 0.1) is 0 Å². The van der Waals surface area contributed by atoms with Crippen molar-refractivity contribution in [1.29, 1.82) is 0 Å². The average molecular weight is 418 g/mol. The van der Waals surface area contributed by atoms with Crippen LogP contribution in [0.4, 0.5) is 0 Å². The lowest BCUT2D eigenvalue weighted by atomic mass is 9.48. The highest BCUT2D eigenvalue weighted by Gasteiger charge is 2.57. The third-order valence-electron chi connectivity index (χ3n) is 9.79. The molecule has 2 heteroatoms. The molecule has 1 N–H and O–H groups in total. The predicted octanol–water partition coefficient (Wildman–Crippen LogP) is 6.48. The van der Waals surface area contributed by atoms with E-state index in [0.29, 0.717) is 11.2 Å². The van der Waals surface area contributed by atoms with Gasteiger partial charge in [-0.05, 0) is 103 Å². The molecule has 0 amide bonds. The van der Waals surface area contributed by atoms with E-state index in [-0.39, 0.29) is 5.41 Å². The summed E-state index contributed by atoms with van der Waals surface area (Å²) in [5.74, 6) is 3.50. The van der Waals surface area contributed by atoms with E-state index in [0.717, 1.165) is 49.6 Å². The standard InChI is InChI=1S/C29H39NO/c1-28-17-15-27-25(12-10-23-19-24(31)14-16-29(23,27)2)26(28)13-11-22(28)9-6-18-30-20-21-7-4-3-5-8-21/h3-5,7-8,10,12,19,22,25-27,30H,6,9,11,13-18,20H2,1-2H3/t22-,25-,26-,27-,28+,29-/m0/s1. The first-order valence-electron chi connectivity index (χ1n) is 12.7. The molecule has 0 radical (unpaired) electrons. The minimum Gasteiger partial charge on any atom is -0.313 e. The van der Waals surface area contributed by atoms with Gasteiger partial charge in [0, 0.05) is 13.0 Å². The molecule has 5 rings (SSSR count). The van der Waals surface area contributed by atoms with Crippen LogP contribution in [0.2, 0.25) is 0 Å². The second-order valence-corrected chi connectivity index (χ2v) is 11.3. The summed E-state index contributed by atoms with van der Waals surface area (Å²) < 4.78 is 0. The molecular formula is C29H39NO. The van der Waals surface area contributed by atoms with Crippen molar-refractivity contribution in [3.63, 3.8) is 0 Å². The largest absolute Gasteiger partial charge is 0.313 e. The molecule has 2 nitrogen and oxygen atoms in total. The molecule has 0 spiro atoms. The van der Waals surface area contributed by atoms with Crippen molar-refractivity contribution in [3.05, 3.63) is 59.7 Å². The Labute approximate surface area is 188 Å². The molecule has 4 aliphatic carbocycles. The van der Waals surface area contributed by atoms with Gasteiger partial charge in [-0.2, -0.15) is 0 Å². The van der Waals surface area contributed by atoms with Crippen LogP contribution >= 0.6 is 0 Å². The maximum Gasteiger partial charge on any atom is 0.156 e. The van der Waals surface area contributed by atoms with Crippen molar-refractivity contribution < 1.29 is 4.79 Å². The van der Waals surface area contributed by atoms with Gasteiger partial charge in [-0.15, -0.1) is 0 Å². The molecular weight excluding hydrogens is 378 g/mol. The number of carbonyl (C=O) groups is 1. The first-order valence-corrected chi connectivity index (χ1v) is 12.7. The van der Waals surface area contributed by atoms with Gasteiger partial charge in [-0.25, -0.2) is 0 Å². The maximum absolute atomic E-state index is 12.0. The van der Waals surface area contributed by atoms with Gasteiger partial charge in [-0.3, -0.25) is 4.79 Å². The molecule has 0 bridgehead atoms. The zero-order valence-corrected chi connectivity index (χ0v) is 19.4. The molecule has 0 heterocycles.